The van der Waals surface area contributed by atoms with E-state index in [9.17, 15) is 0 Å². The van der Waals surface area contributed by atoms with E-state index < -0.39 is 0 Å². The van der Waals surface area contributed by atoms with Gasteiger partial charge in [0.2, 0.25) is 0 Å². The number of rotatable bonds is 1. The molecule has 2 fully saturated rings. The van der Waals surface area contributed by atoms with E-state index in [1.54, 1.807) is 22.5 Å². The molecular formula is C21H25NS. The van der Waals surface area contributed by atoms with Crippen molar-refractivity contribution in [3.05, 3.63) is 46.2 Å². The molecule has 1 aliphatic heterocycles. The second-order valence-corrected chi connectivity index (χ2v) is 8.67. The monoisotopic (exact) mass is 323 g/mol. The number of likely N-dealkylation sites (N-methyl/N-ethyl adjacent to an activating group) is 1. The number of hydrogen-bond acceptors (Lipinski definition) is 2. The van der Waals surface area contributed by atoms with Crippen molar-refractivity contribution in [1.29, 1.82) is 0 Å². The molecule has 3 atom stereocenters. The molecule has 5 rings (SSSR count). The predicted molar refractivity (Wildman–Crippen MR) is 98.1 cm³/mol. The largest absolute Gasteiger partial charge is 0.303 e. The Kier molecular flexibility index (Phi) is 3.21. The second kappa shape index (κ2) is 5.19. The smallest absolute Gasteiger partial charge is 0.0169 e. The van der Waals surface area contributed by atoms with Crippen LogP contribution in [0.25, 0.3) is 11.1 Å². The highest BCUT2D eigenvalue weighted by Crippen LogP contribution is 2.55. The van der Waals surface area contributed by atoms with Crippen molar-refractivity contribution in [2.75, 3.05) is 13.6 Å². The van der Waals surface area contributed by atoms with Crippen molar-refractivity contribution in [2.45, 2.75) is 50.0 Å². The van der Waals surface area contributed by atoms with Gasteiger partial charge in [0.05, 0.1) is 0 Å². The quantitative estimate of drug-likeness (QED) is 0.705. The van der Waals surface area contributed by atoms with Crippen LogP contribution in [0.3, 0.4) is 0 Å². The lowest BCUT2D eigenvalue weighted by atomic mass is 9.52. The molecular weight excluding hydrogens is 298 g/mol. The minimum atomic E-state index is 0.481. The van der Waals surface area contributed by atoms with E-state index in [0.717, 1.165) is 12.0 Å². The van der Waals surface area contributed by atoms with E-state index in [4.69, 9.17) is 0 Å². The Morgan fingerprint density at radius 1 is 1.13 bits per heavy atom. The summed E-state index contributed by atoms with van der Waals surface area (Å²) in [7, 11) is 2.36. The van der Waals surface area contributed by atoms with Crippen molar-refractivity contribution in [3.8, 4) is 11.1 Å². The van der Waals surface area contributed by atoms with Crippen LogP contribution in [0.4, 0.5) is 0 Å². The molecule has 0 spiro atoms. The summed E-state index contributed by atoms with van der Waals surface area (Å²) in [4.78, 5) is 2.66. The van der Waals surface area contributed by atoms with Gasteiger partial charge in [-0.1, -0.05) is 31.0 Å². The molecule has 1 nitrogen and oxygen atoms in total. The Hall–Kier alpha value is -1.12. The van der Waals surface area contributed by atoms with Crippen LogP contribution in [0.1, 0.15) is 43.2 Å². The second-order valence-electron chi connectivity index (χ2n) is 7.89. The average Bonchev–Trinajstić information content (AvgIpc) is 3.12. The number of likely N-dealkylation sites (tertiary alicyclic amines) is 1. The van der Waals surface area contributed by atoms with E-state index in [2.05, 4.69) is 47.0 Å². The highest BCUT2D eigenvalue weighted by atomic mass is 32.1. The van der Waals surface area contributed by atoms with Gasteiger partial charge in [0.15, 0.2) is 0 Å². The molecule has 2 heteroatoms. The third kappa shape index (κ3) is 2.01. The van der Waals surface area contributed by atoms with Gasteiger partial charge in [-0.2, -0.15) is 11.3 Å². The first-order valence-electron chi connectivity index (χ1n) is 9.14. The first-order valence-corrected chi connectivity index (χ1v) is 10.1. The van der Waals surface area contributed by atoms with Crippen molar-refractivity contribution >= 4 is 11.3 Å². The fourth-order valence-electron chi connectivity index (χ4n) is 5.81. The molecule has 1 saturated heterocycles. The maximum absolute atomic E-state index is 2.66. The normalized spacial score (nSPS) is 33.1. The van der Waals surface area contributed by atoms with Crippen LogP contribution in [0.2, 0.25) is 0 Å². The Balaban J connectivity index is 1.68. The van der Waals surface area contributed by atoms with Crippen LogP contribution in [-0.2, 0) is 11.8 Å². The summed E-state index contributed by atoms with van der Waals surface area (Å²) in [5, 5.41) is 4.49. The molecule has 0 amide bonds. The van der Waals surface area contributed by atoms with Gasteiger partial charge in [0, 0.05) is 11.5 Å². The predicted octanol–water partition coefficient (Wildman–Crippen LogP) is 5.10. The van der Waals surface area contributed by atoms with Crippen molar-refractivity contribution in [3.63, 3.8) is 0 Å². The molecule has 1 saturated carbocycles. The molecule has 1 aromatic carbocycles. The van der Waals surface area contributed by atoms with E-state index in [1.165, 1.54) is 56.2 Å². The number of thiophene rings is 1. The molecule has 2 heterocycles. The van der Waals surface area contributed by atoms with Gasteiger partial charge in [-0.3, -0.25) is 0 Å². The average molecular weight is 324 g/mol. The van der Waals surface area contributed by atoms with Gasteiger partial charge in [-0.25, -0.2) is 0 Å². The molecule has 2 bridgehead atoms. The number of benzene rings is 1. The summed E-state index contributed by atoms with van der Waals surface area (Å²) >= 11 is 1.80. The van der Waals surface area contributed by atoms with Gasteiger partial charge in [0.1, 0.15) is 0 Å². The summed E-state index contributed by atoms with van der Waals surface area (Å²) < 4.78 is 0. The third-order valence-electron chi connectivity index (χ3n) is 6.97. The van der Waals surface area contributed by atoms with Crippen LogP contribution >= 0.6 is 11.3 Å². The van der Waals surface area contributed by atoms with E-state index in [1.807, 2.05) is 0 Å². The first-order chi connectivity index (χ1) is 11.3. The van der Waals surface area contributed by atoms with Gasteiger partial charge in [-0.05, 0) is 84.3 Å². The molecule has 120 valence electrons. The van der Waals surface area contributed by atoms with Gasteiger partial charge in [0.25, 0.3) is 0 Å². The fraction of sp³-hybridized carbons (Fsp3) is 0.524. The van der Waals surface area contributed by atoms with Crippen LogP contribution < -0.4 is 0 Å². The van der Waals surface area contributed by atoms with Crippen LogP contribution in [0.15, 0.2) is 35.0 Å². The zero-order valence-electron chi connectivity index (χ0n) is 13.9. The number of piperidine rings is 1. The molecule has 1 aromatic heterocycles. The van der Waals surface area contributed by atoms with Crippen LogP contribution in [-0.4, -0.2) is 24.5 Å². The lowest BCUT2D eigenvalue weighted by Gasteiger charge is -2.58. The van der Waals surface area contributed by atoms with E-state index >= 15 is 0 Å². The maximum Gasteiger partial charge on any atom is 0.0169 e. The molecule has 0 radical (unpaired) electrons. The SMILES string of the molecule is CN1CCC23CCCC[C@@H]2[C@@H]1Cc1ccc(-c2ccsc2)cc13. The molecule has 1 unspecified atom stereocenters. The van der Waals surface area contributed by atoms with Crippen molar-refractivity contribution in [1.82, 2.24) is 4.90 Å². The topological polar surface area (TPSA) is 3.24 Å². The zero-order valence-corrected chi connectivity index (χ0v) is 14.7. The summed E-state index contributed by atoms with van der Waals surface area (Å²) in [6, 6.07) is 10.4. The van der Waals surface area contributed by atoms with E-state index in [0.29, 0.717) is 5.41 Å². The van der Waals surface area contributed by atoms with Gasteiger partial charge in [-0.15, -0.1) is 0 Å². The lowest BCUT2D eigenvalue weighted by Crippen LogP contribution is -2.59. The fourth-order valence-corrected chi connectivity index (χ4v) is 6.47. The van der Waals surface area contributed by atoms with Crippen LogP contribution in [0.5, 0.6) is 0 Å². The summed E-state index contributed by atoms with van der Waals surface area (Å²) in [5.74, 6) is 0.889. The van der Waals surface area contributed by atoms with Crippen molar-refractivity contribution < 1.29 is 0 Å². The maximum atomic E-state index is 2.66. The lowest BCUT2D eigenvalue weighted by molar-refractivity contribution is 0.00290. The molecule has 23 heavy (non-hydrogen) atoms. The van der Waals surface area contributed by atoms with Gasteiger partial charge >= 0.3 is 0 Å². The summed E-state index contributed by atoms with van der Waals surface area (Å²) in [6.45, 7) is 1.28. The highest BCUT2D eigenvalue weighted by Gasteiger charge is 2.52. The van der Waals surface area contributed by atoms with Crippen molar-refractivity contribution in [2.24, 2.45) is 5.92 Å². The third-order valence-corrected chi connectivity index (χ3v) is 7.65. The van der Waals surface area contributed by atoms with E-state index in [-0.39, 0.29) is 0 Å². The standard InChI is InChI=1S/C21H25NS/c1-22-10-9-21-8-3-2-4-18(21)20(22)13-16-6-5-15(12-19(16)21)17-7-11-23-14-17/h5-7,11-12,14,18,20H,2-4,8-10,13H2,1H3/t18-,20+,21?/m1/s1. The summed E-state index contributed by atoms with van der Waals surface area (Å²) in [5.41, 5.74) is 6.67. The van der Waals surface area contributed by atoms with Gasteiger partial charge < -0.3 is 4.90 Å². The molecule has 2 aromatic rings. The molecule has 3 aliphatic rings. The Bertz CT molecular complexity index is 719. The number of nitrogens with zero attached hydrogens (tertiary/aromatic N) is 1. The van der Waals surface area contributed by atoms with Crippen LogP contribution in [0, 0.1) is 5.92 Å². The minimum absolute atomic E-state index is 0.481. The Labute approximate surface area is 143 Å². The number of hydrogen-bond donors (Lipinski definition) is 0. The molecule has 2 aliphatic carbocycles. The molecule has 0 N–H and O–H groups in total. The minimum Gasteiger partial charge on any atom is -0.303 e. The number of fused-ring (bicyclic) bond motifs is 1. The Morgan fingerprint density at radius 3 is 2.96 bits per heavy atom. The Morgan fingerprint density at radius 2 is 2.09 bits per heavy atom. The summed E-state index contributed by atoms with van der Waals surface area (Å²) in [6.07, 6.45) is 8.36. The highest BCUT2D eigenvalue weighted by molar-refractivity contribution is 7.08. The first kappa shape index (κ1) is 14.2. The zero-order chi connectivity index (χ0) is 15.4.